The number of hydroxylamine groups is 2. The zero-order chi connectivity index (χ0) is 21.5. The van der Waals surface area contributed by atoms with Crippen LogP contribution in [0.15, 0.2) is 0 Å². The first-order chi connectivity index (χ1) is 14.5. The number of alkyl carbamates (subject to hydrolysis) is 1. The number of ether oxygens (including phenoxy) is 2. The van der Waals surface area contributed by atoms with E-state index < -0.39 is 24.0 Å². The topological polar surface area (TPSA) is 125 Å². The van der Waals surface area contributed by atoms with E-state index in [-0.39, 0.29) is 30.9 Å². The third kappa shape index (κ3) is 5.69. The van der Waals surface area contributed by atoms with Crippen LogP contribution in [-0.2, 0) is 23.9 Å². The average molecular weight is 425 g/mol. The van der Waals surface area contributed by atoms with Crippen LogP contribution in [0.5, 0.6) is 0 Å². The van der Waals surface area contributed by atoms with E-state index in [0.29, 0.717) is 50.5 Å². The second kappa shape index (κ2) is 10.7. The summed E-state index contributed by atoms with van der Waals surface area (Å²) in [5.74, 6) is -1.31. The molecule has 2 atom stereocenters. The van der Waals surface area contributed by atoms with Crippen LogP contribution in [0, 0.1) is 11.8 Å². The van der Waals surface area contributed by atoms with Gasteiger partial charge in [-0.05, 0) is 31.6 Å². The highest BCUT2D eigenvalue weighted by Gasteiger charge is 2.41. The van der Waals surface area contributed by atoms with Gasteiger partial charge in [-0.1, -0.05) is 12.8 Å². The van der Waals surface area contributed by atoms with Gasteiger partial charge < -0.3 is 14.4 Å². The van der Waals surface area contributed by atoms with E-state index in [1.807, 2.05) is 0 Å². The normalized spacial score (nSPS) is 23.8. The van der Waals surface area contributed by atoms with Gasteiger partial charge in [0.1, 0.15) is 12.1 Å². The molecule has 10 nitrogen and oxygen atoms in total. The molecule has 1 aliphatic carbocycles. The fourth-order valence-electron chi connectivity index (χ4n) is 4.71. The molecule has 2 heterocycles. The molecular weight excluding hydrogens is 394 g/mol. The SMILES string of the molecule is O=CN(O)CC(C(=O)N1CCC[C@H]1C(=O)NC(=O)OC1CCOCC1)C1CCCC1. The lowest BCUT2D eigenvalue weighted by Crippen LogP contribution is -2.51. The number of rotatable bonds is 7. The molecule has 4 amide bonds. The molecule has 0 aromatic heterocycles. The van der Waals surface area contributed by atoms with E-state index in [1.165, 1.54) is 4.90 Å². The van der Waals surface area contributed by atoms with Crippen molar-refractivity contribution < 1.29 is 33.9 Å². The van der Waals surface area contributed by atoms with Gasteiger partial charge in [-0.2, -0.15) is 0 Å². The predicted molar refractivity (Wildman–Crippen MR) is 103 cm³/mol. The predicted octanol–water partition coefficient (Wildman–Crippen LogP) is 1.06. The van der Waals surface area contributed by atoms with Crippen LogP contribution in [0.3, 0.4) is 0 Å². The van der Waals surface area contributed by atoms with Crippen LogP contribution in [0.2, 0.25) is 0 Å². The Morgan fingerprint density at radius 2 is 1.83 bits per heavy atom. The van der Waals surface area contributed by atoms with Crippen molar-refractivity contribution in [3.63, 3.8) is 0 Å². The maximum Gasteiger partial charge on any atom is 0.414 e. The van der Waals surface area contributed by atoms with Crippen molar-refractivity contribution in [2.75, 3.05) is 26.3 Å². The Kier molecular flexibility index (Phi) is 8.03. The summed E-state index contributed by atoms with van der Waals surface area (Å²) < 4.78 is 10.5. The first-order valence-corrected chi connectivity index (χ1v) is 10.8. The summed E-state index contributed by atoms with van der Waals surface area (Å²) in [6.45, 7) is 1.34. The van der Waals surface area contributed by atoms with Gasteiger partial charge in [-0.25, -0.2) is 9.86 Å². The monoisotopic (exact) mass is 425 g/mol. The molecule has 0 aromatic rings. The van der Waals surface area contributed by atoms with Crippen LogP contribution in [0.25, 0.3) is 0 Å². The molecule has 168 valence electrons. The Balaban J connectivity index is 1.60. The lowest BCUT2D eigenvalue weighted by molar-refractivity contribution is -0.159. The zero-order valence-corrected chi connectivity index (χ0v) is 17.2. The van der Waals surface area contributed by atoms with Gasteiger partial charge in [-0.15, -0.1) is 0 Å². The minimum absolute atomic E-state index is 0.0647. The van der Waals surface area contributed by atoms with E-state index in [4.69, 9.17) is 9.47 Å². The number of imide groups is 1. The largest absolute Gasteiger partial charge is 0.446 e. The minimum atomic E-state index is -0.805. The van der Waals surface area contributed by atoms with E-state index in [0.717, 1.165) is 25.7 Å². The molecule has 1 unspecified atom stereocenters. The summed E-state index contributed by atoms with van der Waals surface area (Å²) in [7, 11) is 0. The van der Waals surface area contributed by atoms with Gasteiger partial charge in [0, 0.05) is 19.4 Å². The highest BCUT2D eigenvalue weighted by Crippen LogP contribution is 2.34. The van der Waals surface area contributed by atoms with E-state index in [1.54, 1.807) is 0 Å². The summed E-state index contributed by atoms with van der Waals surface area (Å²) in [5, 5.41) is 12.4. The quantitative estimate of drug-likeness (QED) is 0.355. The van der Waals surface area contributed by atoms with Crippen molar-refractivity contribution in [3.8, 4) is 0 Å². The van der Waals surface area contributed by atoms with Gasteiger partial charge >= 0.3 is 6.09 Å². The second-order valence-corrected chi connectivity index (χ2v) is 8.27. The maximum absolute atomic E-state index is 13.3. The molecule has 0 spiro atoms. The fourth-order valence-corrected chi connectivity index (χ4v) is 4.71. The van der Waals surface area contributed by atoms with Gasteiger partial charge in [0.15, 0.2) is 0 Å². The third-order valence-electron chi connectivity index (χ3n) is 6.30. The van der Waals surface area contributed by atoms with Crippen molar-refractivity contribution in [2.45, 2.75) is 63.5 Å². The number of likely N-dealkylation sites (tertiary alicyclic amines) is 1. The number of nitrogens with zero attached hydrogens (tertiary/aromatic N) is 2. The standard InChI is InChI=1S/C20H31N3O7/c24-13-22(28)12-16(14-4-1-2-5-14)19(26)23-9-3-6-17(23)18(25)21-20(27)30-15-7-10-29-11-8-15/h13-17,28H,1-12H2,(H,21,25,27)/t16?,17-/m0/s1. The van der Waals surface area contributed by atoms with Gasteiger partial charge in [-0.3, -0.25) is 24.9 Å². The van der Waals surface area contributed by atoms with Gasteiger partial charge in [0.2, 0.25) is 12.3 Å². The molecule has 0 radical (unpaired) electrons. The van der Waals surface area contributed by atoms with Crippen molar-refractivity contribution in [1.82, 2.24) is 15.3 Å². The van der Waals surface area contributed by atoms with E-state index in [9.17, 15) is 24.4 Å². The molecule has 2 saturated heterocycles. The number of carbonyl (C=O) groups excluding carboxylic acids is 4. The smallest absolute Gasteiger partial charge is 0.414 e. The Bertz CT molecular complexity index is 632. The van der Waals surface area contributed by atoms with Crippen LogP contribution in [-0.4, -0.2) is 77.9 Å². The number of carbonyl (C=O) groups is 4. The molecule has 3 aliphatic rings. The Morgan fingerprint density at radius 3 is 2.50 bits per heavy atom. The van der Waals surface area contributed by atoms with Gasteiger partial charge in [0.25, 0.3) is 5.91 Å². The van der Waals surface area contributed by atoms with E-state index in [2.05, 4.69) is 5.32 Å². The molecule has 3 fully saturated rings. The van der Waals surface area contributed by atoms with E-state index >= 15 is 0 Å². The second-order valence-electron chi connectivity index (χ2n) is 8.27. The molecule has 2 N–H and O–H groups in total. The number of hydrogen-bond acceptors (Lipinski definition) is 7. The molecule has 0 aromatic carbocycles. The molecule has 1 saturated carbocycles. The molecular formula is C20H31N3O7. The first kappa shape index (κ1) is 22.5. The number of amides is 4. The van der Waals surface area contributed by atoms with Crippen LogP contribution >= 0.6 is 0 Å². The highest BCUT2D eigenvalue weighted by molar-refractivity contribution is 5.97. The summed E-state index contributed by atoms with van der Waals surface area (Å²) >= 11 is 0. The average Bonchev–Trinajstić information content (AvgIpc) is 3.44. The summed E-state index contributed by atoms with van der Waals surface area (Å²) in [6.07, 6.45) is 5.20. The molecule has 3 rings (SSSR count). The maximum atomic E-state index is 13.3. The molecule has 2 aliphatic heterocycles. The van der Waals surface area contributed by atoms with Crippen molar-refractivity contribution in [2.24, 2.45) is 11.8 Å². The lowest BCUT2D eigenvalue weighted by atomic mass is 9.89. The molecule has 0 bridgehead atoms. The van der Waals surface area contributed by atoms with Crippen LogP contribution < -0.4 is 5.32 Å². The molecule has 10 heteroatoms. The zero-order valence-electron chi connectivity index (χ0n) is 17.2. The Labute approximate surface area is 175 Å². The van der Waals surface area contributed by atoms with Crippen molar-refractivity contribution in [1.29, 1.82) is 0 Å². The first-order valence-electron chi connectivity index (χ1n) is 10.8. The summed E-state index contributed by atoms with van der Waals surface area (Å²) in [4.78, 5) is 50.4. The molecule has 30 heavy (non-hydrogen) atoms. The lowest BCUT2D eigenvalue weighted by Gasteiger charge is -2.31. The van der Waals surface area contributed by atoms with Crippen LogP contribution in [0.4, 0.5) is 4.79 Å². The number of nitrogens with one attached hydrogen (secondary N) is 1. The van der Waals surface area contributed by atoms with Crippen molar-refractivity contribution >= 4 is 24.3 Å². The number of hydrogen-bond donors (Lipinski definition) is 2. The van der Waals surface area contributed by atoms with Crippen LogP contribution in [0.1, 0.15) is 51.4 Å². The Hall–Kier alpha value is -2.20. The summed E-state index contributed by atoms with van der Waals surface area (Å²) in [5.41, 5.74) is 0. The van der Waals surface area contributed by atoms with Gasteiger partial charge in [0.05, 0.1) is 25.7 Å². The van der Waals surface area contributed by atoms with Crippen molar-refractivity contribution in [3.05, 3.63) is 0 Å². The Morgan fingerprint density at radius 1 is 1.13 bits per heavy atom. The minimum Gasteiger partial charge on any atom is -0.446 e. The highest BCUT2D eigenvalue weighted by atomic mass is 16.6. The fraction of sp³-hybridized carbons (Fsp3) is 0.800. The third-order valence-corrected chi connectivity index (χ3v) is 6.30. The summed E-state index contributed by atoms with van der Waals surface area (Å²) in [6, 6.07) is -0.757.